The van der Waals surface area contributed by atoms with Gasteiger partial charge >= 0.3 is 0 Å². The van der Waals surface area contributed by atoms with Crippen LogP contribution in [0.5, 0.6) is 5.75 Å². The Kier molecular flexibility index (Phi) is 5.24. The zero-order valence-electron chi connectivity index (χ0n) is 12.9. The molecular formula is C15H24N2O3S. The highest BCUT2D eigenvalue weighted by Crippen LogP contribution is 2.25. The first kappa shape index (κ1) is 16.3. The molecule has 1 saturated heterocycles. The summed E-state index contributed by atoms with van der Waals surface area (Å²) in [7, 11) is 0.0550. The first-order valence-electron chi connectivity index (χ1n) is 7.25. The van der Waals surface area contributed by atoms with Crippen LogP contribution in [0.4, 0.5) is 0 Å². The van der Waals surface area contributed by atoms with E-state index in [0.717, 1.165) is 31.5 Å². The highest BCUT2D eigenvalue weighted by molar-refractivity contribution is 7.89. The molecule has 0 radical (unpaired) electrons. The van der Waals surface area contributed by atoms with E-state index in [4.69, 9.17) is 4.74 Å². The minimum absolute atomic E-state index is 0.220. The summed E-state index contributed by atoms with van der Waals surface area (Å²) in [6.07, 6.45) is 2.06. The zero-order chi connectivity index (χ0) is 15.5. The van der Waals surface area contributed by atoms with Gasteiger partial charge in [-0.25, -0.2) is 13.1 Å². The van der Waals surface area contributed by atoms with E-state index < -0.39 is 10.0 Å². The zero-order valence-corrected chi connectivity index (χ0v) is 13.7. The van der Waals surface area contributed by atoms with Gasteiger partial charge in [-0.2, -0.15) is 0 Å². The lowest BCUT2D eigenvalue weighted by Crippen LogP contribution is -2.36. The molecule has 1 aromatic carbocycles. The van der Waals surface area contributed by atoms with Gasteiger partial charge in [-0.1, -0.05) is 6.07 Å². The molecule has 1 fully saturated rings. The summed E-state index contributed by atoms with van der Waals surface area (Å²) >= 11 is 0. The molecule has 0 spiro atoms. The van der Waals surface area contributed by atoms with E-state index in [1.165, 1.54) is 7.11 Å². The van der Waals surface area contributed by atoms with Crippen LogP contribution in [0.2, 0.25) is 0 Å². The highest BCUT2D eigenvalue weighted by Gasteiger charge is 2.23. The minimum atomic E-state index is -3.53. The fraction of sp³-hybridized carbons (Fsp3) is 0.600. The van der Waals surface area contributed by atoms with Crippen molar-refractivity contribution in [3.63, 3.8) is 0 Å². The van der Waals surface area contributed by atoms with Crippen molar-refractivity contribution in [3.05, 3.63) is 23.8 Å². The Morgan fingerprint density at radius 3 is 2.62 bits per heavy atom. The van der Waals surface area contributed by atoms with Crippen LogP contribution < -0.4 is 9.46 Å². The largest absolute Gasteiger partial charge is 0.495 e. The number of sulfonamides is 1. The average molecular weight is 312 g/mol. The van der Waals surface area contributed by atoms with Gasteiger partial charge < -0.3 is 9.64 Å². The van der Waals surface area contributed by atoms with E-state index in [1.54, 1.807) is 12.1 Å². The summed E-state index contributed by atoms with van der Waals surface area (Å²) in [4.78, 5) is 2.49. The van der Waals surface area contributed by atoms with Crippen molar-refractivity contribution in [2.24, 2.45) is 5.92 Å². The molecule has 118 valence electrons. The van der Waals surface area contributed by atoms with E-state index in [2.05, 4.69) is 16.7 Å². The lowest BCUT2D eigenvalue weighted by Gasteiger charge is -2.28. The molecule has 0 bridgehead atoms. The standard InChI is InChI=1S/C15H24N2O3S/c1-12-4-5-14(20-3)15(10-12)21(18,19)16-11-13-6-8-17(2)9-7-13/h4-5,10,13,16H,6-9,11H2,1-3H3. The number of piperidine rings is 1. The van der Waals surface area contributed by atoms with Gasteiger partial charge in [-0.15, -0.1) is 0 Å². The van der Waals surface area contributed by atoms with Crippen LogP contribution in [0.25, 0.3) is 0 Å². The number of nitrogens with one attached hydrogen (secondary N) is 1. The van der Waals surface area contributed by atoms with Gasteiger partial charge in [-0.3, -0.25) is 0 Å². The Labute approximate surface area is 127 Å². The van der Waals surface area contributed by atoms with Gasteiger partial charge in [0, 0.05) is 6.54 Å². The topological polar surface area (TPSA) is 58.6 Å². The van der Waals surface area contributed by atoms with Gasteiger partial charge in [0.25, 0.3) is 0 Å². The molecule has 1 aromatic rings. The number of nitrogens with zero attached hydrogens (tertiary/aromatic N) is 1. The number of benzene rings is 1. The molecule has 1 heterocycles. The molecule has 0 amide bonds. The van der Waals surface area contributed by atoms with Crippen molar-refractivity contribution in [1.82, 2.24) is 9.62 Å². The summed E-state index contributed by atoms with van der Waals surface area (Å²) in [6.45, 7) is 4.42. The number of aryl methyl sites for hydroxylation is 1. The van der Waals surface area contributed by atoms with Crippen LogP contribution in [-0.2, 0) is 10.0 Å². The molecule has 5 nitrogen and oxygen atoms in total. The first-order valence-corrected chi connectivity index (χ1v) is 8.73. The maximum atomic E-state index is 12.5. The fourth-order valence-corrected chi connectivity index (χ4v) is 3.93. The number of likely N-dealkylation sites (tertiary alicyclic amines) is 1. The van der Waals surface area contributed by atoms with Gasteiger partial charge in [0.05, 0.1) is 7.11 Å². The maximum absolute atomic E-state index is 12.5. The van der Waals surface area contributed by atoms with Gasteiger partial charge in [0.15, 0.2) is 0 Å². The van der Waals surface area contributed by atoms with E-state index in [0.29, 0.717) is 18.2 Å². The van der Waals surface area contributed by atoms with Crippen molar-refractivity contribution in [2.45, 2.75) is 24.7 Å². The Hall–Kier alpha value is -1.11. The number of ether oxygens (including phenoxy) is 1. The van der Waals surface area contributed by atoms with Gasteiger partial charge in [0.2, 0.25) is 10.0 Å². The van der Waals surface area contributed by atoms with Crippen LogP contribution in [0.1, 0.15) is 18.4 Å². The Morgan fingerprint density at radius 2 is 2.00 bits per heavy atom. The van der Waals surface area contributed by atoms with E-state index in [-0.39, 0.29) is 4.90 Å². The molecule has 0 atom stereocenters. The predicted octanol–water partition coefficient (Wildman–Crippen LogP) is 1.62. The van der Waals surface area contributed by atoms with Crippen LogP contribution in [0.3, 0.4) is 0 Å². The molecule has 1 aliphatic rings. The molecule has 0 aliphatic carbocycles. The SMILES string of the molecule is COc1ccc(C)cc1S(=O)(=O)NCC1CCN(C)CC1. The molecule has 1 N–H and O–H groups in total. The number of methoxy groups -OCH3 is 1. The Bertz CT molecular complexity index is 579. The Balaban J connectivity index is 2.06. The van der Waals surface area contributed by atoms with E-state index >= 15 is 0 Å². The van der Waals surface area contributed by atoms with Crippen molar-refractivity contribution < 1.29 is 13.2 Å². The van der Waals surface area contributed by atoms with Crippen molar-refractivity contribution in [2.75, 3.05) is 33.8 Å². The molecule has 0 saturated carbocycles. The van der Waals surface area contributed by atoms with Crippen molar-refractivity contribution in [1.29, 1.82) is 0 Å². The second-order valence-electron chi connectivity index (χ2n) is 5.75. The second-order valence-corrected chi connectivity index (χ2v) is 7.49. The number of hydrogen-bond donors (Lipinski definition) is 1. The summed E-state index contributed by atoms with van der Waals surface area (Å²) in [5.74, 6) is 0.795. The van der Waals surface area contributed by atoms with Crippen LogP contribution in [0.15, 0.2) is 23.1 Å². The highest BCUT2D eigenvalue weighted by atomic mass is 32.2. The molecule has 6 heteroatoms. The smallest absolute Gasteiger partial charge is 0.244 e. The minimum Gasteiger partial charge on any atom is -0.495 e. The van der Waals surface area contributed by atoms with E-state index in [9.17, 15) is 8.42 Å². The normalized spacial score (nSPS) is 17.9. The van der Waals surface area contributed by atoms with Crippen molar-refractivity contribution in [3.8, 4) is 5.75 Å². The number of rotatable bonds is 5. The average Bonchev–Trinajstić information content (AvgIpc) is 2.47. The summed E-state index contributed by atoms with van der Waals surface area (Å²) in [5, 5.41) is 0. The predicted molar refractivity (Wildman–Crippen MR) is 83.1 cm³/mol. The molecular weight excluding hydrogens is 288 g/mol. The van der Waals surface area contributed by atoms with Crippen LogP contribution >= 0.6 is 0 Å². The fourth-order valence-electron chi connectivity index (χ4n) is 2.57. The lowest BCUT2D eigenvalue weighted by atomic mass is 9.98. The number of hydrogen-bond acceptors (Lipinski definition) is 4. The van der Waals surface area contributed by atoms with Crippen molar-refractivity contribution >= 4 is 10.0 Å². The first-order chi connectivity index (χ1) is 9.92. The summed E-state index contributed by atoms with van der Waals surface area (Å²) in [6, 6.07) is 5.18. The molecule has 0 unspecified atom stereocenters. The van der Waals surface area contributed by atoms with Crippen LogP contribution in [-0.4, -0.2) is 47.1 Å². The van der Waals surface area contributed by atoms with Gasteiger partial charge in [-0.05, 0) is 63.5 Å². The quantitative estimate of drug-likeness (QED) is 0.898. The third kappa shape index (κ3) is 4.18. The molecule has 1 aliphatic heterocycles. The van der Waals surface area contributed by atoms with Crippen LogP contribution in [0, 0.1) is 12.8 Å². The van der Waals surface area contributed by atoms with Gasteiger partial charge in [0.1, 0.15) is 10.6 Å². The van der Waals surface area contributed by atoms with E-state index in [1.807, 2.05) is 13.0 Å². The summed E-state index contributed by atoms with van der Waals surface area (Å²) < 4.78 is 32.8. The molecule has 0 aromatic heterocycles. The molecule has 21 heavy (non-hydrogen) atoms. The lowest BCUT2D eigenvalue weighted by molar-refractivity contribution is 0.220. The second kappa shape index (κ2) is 6.77. The maximum Gasteiger partial charge on any atom is 0.244 e. The molecule has 2 rings (SSSR count). The monoisotopic (exact) mass is 312 g/mol. The summed E-state index contributed by atoms with van der Waals surface area (Å²) in [5.41, 5.74) is 0.899. The third-order valence-corrected chi connectivity index (χ3v) is 5.45. The Morgan fingerprint density at radius 1 is 1.33 bits per heavy atom. The third-order valence-electron chi connectivity index (χ3n) is 4.01.